The van der Waals surface area contributed by atoms with E-state index < -0.39 is 17.4 Å². The summed E-state index contributed by atoms with van der Waals surface area (Å²) in [4.78, 5) is 41.6. The number of amides is 2. The molecule has 9 heteroatoms. The van der Waals surface area contributed by atoms with Gasteiger partial charge < -0.3 is 19.3 Å². The molecule has 0 bridgehead atoms. The van der Waals surface area contributed by atoms with Crippen molar-refractivity contribution in [1.82, 2.24) is 14.5 Å². The van der Waals surface area contributed by atoms with E-state index in [9.17, 15) is 14.4 Å². The van der Waals surface area contributed by atoms with Crippen LogP contribution in [0, 0.1) is 0 Å². The van der Waals surface area contributed by atoms with Crippen molar-refractivity contribution in [3.8, 4) is 5.75 Å². The Hall–Kier alpha value is -2.71. The summed E-state index contributed by atoms with van der Waals surface area (Å²) >= 11 is 0. The summed E-state index contributed by atoms with van der Waals surface area (Å²) in [5.74, 6) is -0.227. The number of aromatic nitrogens is 1. The summed E-state index contributed by atoms with van der Waals surface area (Å²) < 4.78 is 12.9. The van der Waals surface area contributed by atoms with E-state index in [4.69, 9.17) is 9.47 Å². The quantitative estimate of drug-likeness (QED) is 0.693. The average Bonchev–Trinajstić information content (AvgIpc) is 3.12. The second kappa shape index (κ2) is 7.85. The van der Waals surface area contributed by atoms with E-state index in [-0.39, 0.29) is 22.8 Å². The van der Waals surface area contributed by atoms with Gasteiger partial charge in [-0.15, -0.1) is 0 Å². The van der Waals surface area contributed by atoms with Gasteiger partial charge in [0, 0.05) is 39.3 Å². The highest BCUT2D eigenvalue weighted by Crippen LogP contribution is 2.36. The Kier molecular flexibility index (Phi) is 5.75. The monoisotopic (exact) mass is 420 g/mol. The molecule has 0 aromatic carbocycles. The normalized spacial score (nSPS) is 21.3. The summed E-state index contributed by atoms with van der Waals surface area (Å²) in [5.41, 5.74) is -1.43. The first kappa shape index (κ1) is 22.0. The fourth-order valence-corrected chi connectivity index (χ4v) is 3.98. The van der Waals surface area contributed by atoms with Crippen molar-refractivity contribution in [2.75, 3.05) is 38.8 Å². The molecule has 1 fully saturated rings. The highest BCUT2D eigenvalue weighted by atomic mass is 16.6. The van der Waals surface area contributed by atoms with Gasteiger partial charge >= 0.3 is 6.09 Å². The number of hydrogen-bond acceptors (Lipinski definition) is 6. The minimum Gasteiger partial charge on any atom is -0.487 e. The van der Waals surface area contributed by atoms with Crippen LogP contribution in [0.25, 0.3) is 0 Å². The molecular weight excluding hydrogens is 388 g/mol. The molecule has 2 aliphatic rings. The maximum atomic E-state index is 13.4. The molecule has 2 amide bonds. The highest BCUT2D eigenvalue weighted by molar-refractivity contribution is 5.97. The number of likely N-dealkylation sites (N-methyl/N-ethyl adjacent to an activating group) is 2. The van der Waals surface area contributed by atoms with Gasteiger partial charge in [0.2, 0.25) is 5.43 Å². The molecular formula is C21H32N4O5. The molecule has 0 N–H and O–H groups in total. The minimum atomic E-state index is -0.739. The number of rotatable bonds is 4. The van der Waals surface area contributed by atoms with Crippen molar-refractivity contribution >= 4 is 12.0 Å². The molecule has 1 atom stereocenters. The SMILES string of the molecule is CCCCOc1c2n(ccc1=O)N(C)C1(CCN(C(=O)OC(C)(C)C)C1)N(C)C2=O. The van der Waals surface area contributed by atoms with Gasteiger partial charge in [-0.1, -0.05) is 13.3 Å². The lowest BCUT2D eigenvalue weighted by Crippen LogP contribution is -2.69. The second-order valence-electron chi connectivity index (χ2n) is 8.93. The van der Waals surface area contributed by atoms with E-state index in [1.807, 2.05) is 39.8 Å². The van der Waals surface area contributed by atoms with Crippen molar-refractivity contribution in [2.24, 2.45) is 0 Å². The maximum absolute atomic E-state index is 13.4. The summed E-state index contributed by atoms with van der Waals surface area (Å²) in [6.45, 7) is 8.65. The van der Waals surface area contributed by atoms with E-state index >= 15 is 0 Å². The Morgan fingerprint density at radius 1 is 1.23 bits per heavy atom. The molecule has 1 spiro atoms. The lowest BCUT2D eigenvalue weighted by molar-refractivity contribution is 0.0200. The first-order chi connectivity index (χ1) is 14.0. The molecule has 0 radical (unpaired) electrons. The van der Waals surface area contributed by atoms with Crippen molar-refractivity contribution in [3.63, 3.8) is 0 Å². The number of pyridine rings is 1. The van der Waals surface area contributed by atoms with Crippen LogP contribution in [0.5, 0.6) is 5.75 Å². The molecule has 9 nitrogen and oxygen atoms in total. The fraction of sp³-hybridized carbons (Fsp3) is 0.667. The predicted octanol–water partition coefficient (Wildman–Crippen LogP) is 2.02. The Morgan fingerprint density at radius 2 is 1.93 bits per heavy atom. The molecule has 3 heterocycles. The Labute approximate surface area is 177 Å². The van der Waals surface area contributed by atoms with Crippen LogP contribution in [0.4, 0.5) is 4.79 Å². The van der Waals surface area contributed by atoms with Crippen LogP contribution in [0.15, 0.2) is 17.1 Å². The molecule has 166 valence electrons. The number of carbonyl (C=O) groups excluding carboxylic acids is 2. The van der Waals surface area contributed by atoms with Crippen molar-refractivity contribution in [3.05, 3.63) is 28.2 Å². The van der Waals surface area contributed by atoms with Crippen LogP contribution >= 0.6 is 0 Å². The van der Waals surface area contributed by atoms with E-state index in [2.05, 4.69) is 0 Å². The first-order valence-corrected chi connectivity index (χ1v) is 10.4. The Morgan fingerprint density at radius 3 is 2.57 bits per heavy atom. The van der Waals surface area contributed by atoms with Crippen molar-refractivity contribution in [1.29, 1.82) is 0 Å². The summed E-state index contributed by atoms with van der Waals surface area (Å²) in [6.07, 6.45) is 3.47. The van der Waals surface area contributed by atoms with E-state index in [0.717, 1.165) is 12.8 Å². The number of carbonyl (C=O) groups is 2. The van der Waals surface area contributed by atoms with Crippen LogP contribution in [-0.2, 0) is 4.74 Å². The summed E-state index contributed by atoms with van der Waals surface area (Å²) in [7, 11) is 3.56. The fourth-order valence-electron chi connectivity index (χ4n) is 3.98. The molecule has 1 aromatic heterocycles. The zero-order valence-corrected chi connectivity index (χ0v) is 18.7. The van der Waals surface area contributed by atoms with Gasteiger partial charge in [-0.05, 0) is 27.2 Å². The van der Waals surface area contributed by atoms with Crippen LogP contribution in [-0.4, -0.2) is 71.5 Å². The number of nitrogens with zero attached hydrogens (tertiary/aromatic N) is 4. The smallest absolute Gasteiger partial charge is 0.410 e. The Balaban J connectivity index is 1.94. The van der Waals surface area contributed by atoms with Crippen LogP contribution in [0.1, 0.15) is 57.4 Å². The molecule has 2 aliphatic heterocycles. The maximum Gasteiger partial charge on any atom is 0.410 e. The van der Waals surface area contributed by atoms with Crippen LogP contribution in [0.3, 0.4) is 0 Å². The van der Waals surface area contributed by atoms with Gasteiger partial charge in [0.05, 0.1) is 13.2 Å². The minimum absolute atomic E-state index is 0.0755. The van der Waals surface area contributed by atoms with Gasteiger partial charge in [0.15, 0.2) is 11.4 Å². The standard InChI is InChI=1S/C21H32N4O5/c1-7-8-13-29-17-15(26)9-11-25-16(17)18(27)22(5)21(23(25)6)10-12-24(14-21)19(28)30-20(2,3)4/h9,11H,7-8,10,12-14H2,1-6H3. The lowest BCUT2D eigenvalue weighted by Gasteiger charge is -2.51. The third-order valence-corrected chi connectivity index (χ3v) is 5.71. The van der Waals surface area contributed by atoms with Crippen LogP contribution in [0.2, 0.25) is 0 Å². The molecule has 1 saturated heterocycles. The molecule has 30 heavy (non-hydrogen) atoms. The van der Waals surface area contributed by atoms with Gasteiger partial charge in [0.25, 0.3) is 5.91 Å². The molecule has 0 saturated carbocycles. The number of unbranched alkanes of at least 4 members (excludes halogenated alkanes) is 1. The highest BCUT2D eigenvalue weighted by Gasteiger charge is 2.53. The van der Waals surface area contributed by atoms with Gasteiger partial charge in [0.1, 0.15) is 11.3 Å². The number of hydrogen-bond donors (Lipinski definition) is 0. The predicted molar refractivity (Wildman–Crippen MR) is 112 cm³/mol. The number of fused-ring (bicyclic) bond motifs is 1. The topological polar surface area (TPSA) is 84.3 Å². The average molecular weight is 421 g/mol. The zero-order valence-electron chi connectivity index (χ0n) is 18.7. The first-order valence-electron chi connectivity index (χ1n) is 10.4. The lowest BCUT2D eigenvalue weighted by atomic mass is 10.0. The third kappa shape index (κ3) is 3.73. The van der Waals surface area contributed by atoms with Crippen molar-refractivity contribution < 1.29 is 19.1 Å². The second-order valence-corrected chi connectivity index (χ2v) is 8.93. The van der Waals surface area contributed by atoms with Gasteiger partial charge in [-0.2, -0.15) is 0 Å². The third-order valence-electron chi connectivity index (χ3n) is 5.71. The van der Waals surface area contributed by atoms with Crippen molar-refractivity contribution in [2.45, 2.75) is 58.2 Å². The van der Waals surface area contributed by atoms with Crippen LogP contribution < -0.4 is 15.2 Å². The number of likely N-dealkylation sites (tertiary alicyclic amines) is 1. The van der Waals surface area contributed by atoms with E-state index in [1.54, 1.807) is 27.7 Å². The number of ether oxygens (including phenoxy) is 2. The van der Waals surface area contributed by atoms with Gasteiger partial charge in [-0.25, -0.2) is 4.79 Å². The molecule has 3 rings (SSSR count). The largest absolute Gasteiger partial charge is 0.487 e. The van der Waals surface area contributed by atoms with E-state index in [1.165, 1.54) is 6.07 Å². The van der Waals surface area contributed by atoms with Gasteiger partial charge in [-0.3, -0.25) is 19.3 Å². The molecule has 1 aromatic rings. The molecule has 0 aliphatic carbocycles. The zero-order chi connectivity index (χ0) is 22.3. The van der Waals surface area contributed by atoms with E-state index in [0.29, 0.717) is 26.1 Å². The molecule has 1 unspecified atom stereocenters. The summed E-state index contributed by atoms with van der Waals surface area (Å²) in [5, 5.41) is 1.90. The summed E-state index contributed by atoms with van der Waals surface area (Å²) in [6, 6.07) is 1.41. The Bertz CT molecular complexity index is 890.